The maximum absolute atomic E-state index is 11.5. The van der Waals surface area contributed by atoms with Gasteiger partial charge in [0.25, 0.3) is 0 Å². The van der Waals surface area contributed by atoms with Crippen LogP contribution in [0.1, 0.15) is 25.3 Å². The molecule has 11 heteroatoms. The van der Waals surface area contributed by atoms with Crippen LogP contribution in [-0.2, 0) is 9.84 Å². The van der Waals surface area contributed by atoms with Crippen LogP contribution in [0.5, 0.6) is 5.75 Å². The van der Waals surface area contributed by atoms with Crippen molar-refractivity contribution in [1.82, 2.24) is 29.5 Å². The number of aromatic nitrogens is 5. The molecule has 0 radical (unpaired) electrons. The van der Waals surface area contributed by atoms with Crippen molar-refractivity contribution in [1.29, 1.82) is 0 Å². The van der Waals surface area contributed by atoms with Gasteiger partial charge in [0.05, 0.1) is 29.6 Å². The molecule has 0 saturated carbocycles. The lowest BCUT2D eigenvalue weighted by Gasteiger charge is -2.35. The summed E-state index contributed by atoms with van der Waals surface area (Å²) in [5, 5.41) is 4.30. The highest BCUT2D eigenvalue weighted by Gasteiger charge is 2.23. The average molecular weight is 498 g/mol. The second-order valence-corrected chi connectivity index (χ2v) is 11.7. The van der Waals surface area contributed by atoms with E-state index in [0.29, 0.717) is 17.9 Å². The lowest BCUT2D eigenvalue weighted by molar-refractivity contribution is 0.271. The van der Waals surface area contributed by atoms with Crippen molar-refractivity contribution in [3.05, 3.63) is 36.3 Å². The lowest BCUT2D eigenvalue weighted by atomic mass is 9.99. The number of pyridine rings is 2. The predicted octanol–water partition coefficient (Wildman–Crippen LogP) is 2.57. The number of sulfone groups is 1. The lowest BCUT2D eigenvalue weighted by Crippen LogP contribution is -2.47. The van der Waals surface area contributed by atoms with Crippen molar-refractivity contribution in [3.63, 3.8) is 0 Å². The van der Waals surface area contributed by atoms with Crippen LogP contribution >= 0.6 is 0 Å². The van der Waals surface area contributed by atoms with Crippen LogP contribution in [0.2, 0.25) is 0 Å². The Morgan fingerprint density at radius 3 is 2.63 bits per heavy atom. The monoisotopic (exact) mass is 497 g/mol. The zero-order valence-corrected chi connectivity index (χ0v) is 21.3. The number of fused-ring (bicyclic) bond motifs is 2. The third-order valence-corrected chi connectivity index (χ3v) is 7.49. The maximum atomic E-state index is 11.5. The van der Waals surface area contributed by atoms with E-state index in [9.17, 15) is 8.42 Å². The number of ether oxygens (including phenoxy) is 1. The molecule has 0 amide bonds. The Labute approximate surface area is 204 Å². The first-order valence-electron chi connectivity index (χ1n) is 11.8. The van der Waals surface area contributed by atoms with E-state index in [0.717, 1.165) is 59.9 Å². The van der Waals surface area contributed by atoms with Gasteiger partial charge >= 0.3 is 0 Å². The third-order valence-electron chi connectivity index (χ3n) is 6.57. The number of hydrogen-bond acceptors (Lipinski definition) is 8. The van der Waals surface area contributed by atoms with E-state index >= 15 is 0 Å². The van der Waals surface area contributed by atoms with Crippen molar-refractivity contribution in [2.24, 2.45) is 0 Å². The summed E-state index contributed by atoms with van der Waals surface area (Å²) in [6.45, 7) is 8.20. The number of piperazine rings is 1. The molecule has 0 aromatic carbocycles. The van der Waals surface area contributed by atoms with Crippen LogP contribution in [0.15, 0.2) is 30.7 Å². The van der Waals surface area contributed by atoms with E-state index in [-0.39, 0.29) is 11.7 Å². The minimum Gasteiger partial charge on any atom is -0.493 e. The van der Waals surface area contributed by atoms with Gasteiger partial charge in [0.15, 0.2) is 11.4 Å². The van der Waals surface area contributed by atoms with Crippen molar-refractivity contribution in [3.8, 4) is 17.0 Å². The molecule has 0 unspecified atom stereocenters. The third kappa shape index (κ3) is 4.70. The van der Waals surface area contributed by atoms with Gasteiger partial charge in [0.2, 0.25) is 0 Å². The summed E-state index contributed by atoms with van der Waals surface area (Å²) < 4.78 is 30.3. The van der Waals surface area contributed by atoms with Crippen LogP contribution < -0.4 is 9.64 Å². The summed E-state index contributed by atoms with van der Waals surface area (Å²) in [5.74, 6) is 2.05. The first-order chi connectivity index (χ1) is 16.7. The van der Waals surface area contributed by atoms with Crippen molar-refractivity contribution in [2.45, 2.75) is 19.8 Å². The summed E-state index contributed by atoms with van der Waals surface area (Å²) >= 11 is 0. The summed E-state index contributed by atoms with van der Waals surface area (Å²) in [6, 6.07) is 6.13. The smallest absolute Gasteiger partial charge is 0.197 e. The predicted molar refractivity (Wildman–Crippen MR) is 137 cm³/mol. The van der Waals surface area contributed by atoms with Crippen molar-refractivity contribution in [2.75, 3.05) is 56.7 Å². The number of methoxy groups -OCH3 is 1. The Balaban J connectivity index is 1.46. The maximum Gasteiger partial charge on any atom is 0.197 e. The minimum atomic E-state index is -2.95. The van der Waals surface area contributed by atoms with Crippen LogP contribution in [0.25, 0.3) is 27.9 Å². The van der Waals surface area contributed by atoms with Gasteiger partial charge in [-0.1, -0.05) is 13.8 Å². The number of hydrogen-bond donors (Lipinski definition) is 1. The molecule has 0 bridgehead atoms. The highest BCUT2D eigenvalue weighted by atomic mass is 32.2. The zero-order valence-electron chi connectivity index (χ0n) is 20.5. The van der Waals surface area contributed by atoms with Gasteiger partial charge in [-0.05, 0) is 24.1 Å². The summed E-state index contributed by atoms with van der Waals surface area (Å²) in [5.41, 5.74) is 5.73. The molecule has 1 fully saturated rings. The number of anilines is 1. The van der Waals surface area contributed by atoms with Gasteiger partial charge < -0.3 is 14.6 Å². The highest BCUT2D eigenvalue weighted by molar-refractivity contribution is 7.90. The van der Waals surface area contributed by atoms with E-state index in [1.54, 1.807) is 11.6 Å². The van der Waals surface area contributed by atoms with Crippen LogP contribution in [0.3, 0.4) is 0 Å². The van der Waals surface area contributed by atoms with Gasteiger partial charge in [0.1, 0.15) is 22.0 Å². The molecule has 4 aromatic heterocycles. The Morgan fingerprint density at radius 2 is 1.94 bits per heavy atom. The van der Waals surface area contributed by atoms with Gasteiger partial charge in [-0.2, -0.15) is 5.10 Å². The van der Waals surface area contributed by atoms with Gasteiger partial charge in [-0.3, -0.25) is 4.90 Å². The van der Waals surface area contributed by atoms with E-state index in [1.807, 2.05) is 12.3 Å². The number of aromatic amines is 1. The molecule has 4 aromatic rings. The Hall–Kier alpha value is -3.18. The molecule has 5 heterocycles. The fourth-order valence-electron chi connectivity index (χ4n) is 4.72. The van der Waals surface area contributed by atoms with E-state index in [4.69, 9.17) is 9.72 Å². The molecule has 1 N–H and O–H groups in total. The van der Waals surface area contributed by atoms with E-state index < -0.39 is 9.84 Å². The second kappa shape index (κ2) is 9.12. The summed E-state index contributed by atoms with van der Waals surface area (Å²) in [7, 11) is -1.31. The highest BCUT2D eigenvalue weighted by Crippen LogP contribution is 2.37. The topological polar surface area (TPSA) is 109 Å². The van der Waals surface area contributed by atoms with Gasteiger partial charge in [-0.25, -0.2) is 22.9 Å². The standard InChI is InChI=1S/C24H31N7O3S/c1-16(2)21-22(17-13-19(34-3)24-25-15-26-31(24)14-17)27-18-5-6-20(28-23(18)21)30-9-7-29(8-10-30)11-12-35(4,32)33/h5-6,13-16,27H,7-12H2,1-4H3. The quantitative estimate of drug-likeness (QED) is 0.415. The fourth-order valence-corrected chi connectivity index (χ4v) is 5.31. The molecular weight excluding hydrogens is 466 g/mol. The zero-order chi connectivity index (χ0) is 24.7. The molecule has 1 aliphatic rings. The molecule has 1 aliphatic heterocycles. The molecule has 5 rings (SSSR count). The van der Waals surface area contributed by atoms with E-state index in [1.165, 1.54) is 12.6 Å². The van der Waals surface area contributed by atoms with Crippen molar-refractivity contribution < 1.29 is 13.2 Å². The Kier molecular flexibility index (Phi) is 6.14. The fraction of sp³-hybridized carbons (Fsp3) is 0.458. The molecular formula is C24H31N7O3S. The van der Waals surface area contributed by atoms with Crippen molar-refractivity contribution >= 4 is 32.3 Å². The molecule has 0 spiro atoms. The summed E-state index contributed by atoms with van der Waals surface area (Å²) in [4.78, 5) is 17.4. The molecule has 1 saturated heterocycles. The molecule has 35 heavy (non-hydrogen) atoms. The normalized spacial score (nSPS) is 15.5. The Bertz CT molecular complexity index is 1470. The molecule has 0 atom stereocenters. The SMILES string of the molecule is COc1cc(-c2[nH]c3ccc(N4CCN(CCS(C)(=O)=O)CC4)nc3c2C(C)C)cn2ncnc12. The number of rotatable bonds is 7. The van der Waals surface area contributed by atoms with Gasteiger partial charge in [0, 0.05) is 56.3 Å². The average Bonchev–Trinajstić information content (AvgIpc) is 3.46. The van der Waals surface area contributed by atoms with Crippen LogP contribution in [0, 0.1) is 0 Å². The van der Waals surface area contributed by atoms with E-state index in [2.05, 4.69) is 50.8 Å². The number of H-pyrrole nitrogens is 1. The second-order valence-electron chi connectivity index (χ2n) is 9.42. The van der Waals surface area contributed by atoms with Crippen LogP contribution in [0.4, 0.5) is 5.82 Å². The first kappa shape index (κ1) is 23.6. The first-order valence-corrected chi connectivity index (χ1v) is 13.8. The molecule has 0 aliphatic carbocycles. The van der Waals surface area contributed by atoms with Gasteiger partial charge in [-0.15, -0.1) is 0 Å². The number of nitrogens with zero attached hydrogens (tertiary/aromatic N) is 6. The summed E-state index contributed by atoms with van der Waals surface area (Å²) in [6.07, 6.45) is 4.77. The Morgan fingerprint density at radius 1 is 1.17 bits per heavy atom. The van der Waals surface area contributed by atoms with Crippen LogP contribution in [-0.4, -0.2) is 89.7 Å². The largest absolute Gasteiger partial charge is 0.493 e. The molecule has 10 nitrogen and oxygen atoms in total. The molecule has 186 valence electrons. The number of nitrogens with one attached hydrogen (secondary N) is 1. The minimum absolute atomic E-state index is 0.201.